The Morgan fingerprint density at radius 1 is 1.37 bits per heavy atom. The molecule has 1 heterocycles. The molecule has 0 aliphatic carbocycles. The van der Waals surface area contributed by atoms with Gasteiger partial charge >= 0.3 is 5.97 Å². The second-order valence-corrected chi connectivity index (χ2v) is 4.31. The largest absolute Gasteiger partial charge is 0.469 e. The summed E-state index contributed by atoms with van der Waals surface area (Å²) in [6.45, 7) is 1.62. The van der Waals surface area contributed by atoms with Crippen molar-refractivity contribution in [1.29, 1.82) is 0 Å². The fraction of sp³-hybridized carbons (Fsp3) is 0.286. The molecule has 0 radical (unpaired) electrons. The van der Waals surface area contributed by atoms with Gasteiger partial charge in [-0.1, -0.05) is 18.2 Å². The quantitative estimate of drug-likeness (QED) is 0.850. The van der Waals surface area contributed by atoms with E-state index in [1.165, 1.54) is 7.11 Å². The molecule has 2 unspecified atom stereocenters. The summed E-state index contributed by atoms with van der Waals surface area (Å²) in [6.07, 6.45) is 2.33. The van der Waals surface area contributed by atoms with Crippen molar-refractivity contribution in [2.45, 2.75) is 13.0 Å². The lowest BCUT2D eigenvalue weighted by atomic mass is 10.0. The van der Waals surface area contributed by atoms with E-state index < -0.39 is 18.0 Å². The predicted octanol–water partition coefficient (Wildman–Crippen LogP) is 1.71. The molecule has 19 heavy (non-hydrogen) atoms. The van der Waals surface area contributed by atoms with Crippen molar-refractivity contribution < 1.29 is 14.6 Å². The maximum Gasteiger partial charge on any atom is 0.311 e. The molecule has 2 rings (SSSR count). The second kappa shape index (κ2) is 5.67. The molecular weight excluding hydrogens is 244 g/mol. The van der Waals surface area contributed by atoms with Crippen LogP contribution in [0.1, 0.15) is 18.6 Å². The molecule has 0 saturated carbocycles. The van der Waals surface area contributed by atoms with Crippen LogP contribution in [0.15, 0.2) is 42.7 Å². The zero-order valence-electron chi connectivity index (χ0n) is 10.9. The van der Waals surface area contributed by atoms with E-state index in [1.807, 2.05) is 30.3 Å². The number of nitrogens with zero attached hydrogens (tertiary/aromatic N) is 2. The maximum absolute atomic E-state index is 11.4. The van der Waals surface area contributed by atoms with Gasteiger partial charge in [0.05, 0.1) is 31.0 Å². The number of esters is 1. The first-order valence-corrected chi connectivity index (χ1v) is 5.99. The van der Waals surface area contributed by atoms with Crippen LogP contribution < -0.4 is 0 Å². The number of rotatable bonds is 4. The summed E-state index contributed by atoms with van der Waals surface area (Å²) in [5, 5.41) is 14.3. The number of methoxy groups -OCH3 is 1. The molecule has 0 aliphatic rings. The van der Waals surface area contributed by atoms with Gasteiger partial charge in [0.2, 0.25) is 0 Å². The van der Waals surface area contributed by atoms with Crippen LogP contribution in [0.5, 0.6) is 0 Å². The SMILES string of the molecule is COC(=O)C(C)C(O)c1cnn(-c2ccccc2)c1. The summed E-state index contributed by atoms with van der Waals surface area (Å²) in [4.78, 5) is 11.4. The van der Waals surface area contributed by atoms with Crippen LogP contribution in [-0.4, -0.2) is 28.0 Å². The second-order valence-electron chi connectivity index (χ2n) is 4.31. The maximum atomic E-state index is 11.4. The van der Waals surface area contributed by atoms with Crippen molar-refractivity contribution in [3.8, 4) is 5.69 Å². The third-order valence-electron chi connectivity index (χ3n) is 3.01. The lowest BCUT2D eigenvalue weighted by Gasteiger charge is -2.14. The van der Waals surface area contributed by atoms with Crippen molar-refractivity contribution in [3.63, 3.8) is 0 Å². The van der Waals surface area contributed by atoms with Gasteiger partial charge in [-0.15, -0.1) is 0 Å². The summed E-state index contributed by atoms with van der Waals surface area (Å²) in [5.74, 6) is -1.07. The van der Waals surface area contributed by atoms with E-state index in [9.17, 15) is 9.90 Å². The standard InChI is InChI=1S/C14H16N2O3/c1-10(14(18)19-2)13(17)11-8-15-16(9-11)12-6-4-3-5-7-12/h3-10,13,17H,1-2H3. The van der Waals surface area contributed by atoms with E-state index in [0.29, 0.717) is 5.56 Å². The van der Waals surface area contributed by atoms with E-state index in [0.717, 1.165) is 5.69 Å². The van der Waals surface area contributed by atoms with Crippen LogP contribution in [0, 0.1) is 5.92 Å². The van der Waals surface area contributed by atoms with Gasteiger partial charge in [0.25, 0.3) is 0 Å². The molecule has 5 heteroatoms. The lowest BCUT2D eigenvalue weighted by Crippen LogP contribution is -2.20. The van der Waals surface area contributed by atoms with E-state index in [-0.39, 0.29) is 0 Å². The third kappa shape index (κ3) is 2.82. The van der Waals surface area contributed by atoms with Crippen molar-refractivity contribution in [2.24, 2.45) is 5.92 Å². The highest BCUT2D eigenvalue weighted by atomic mass is 16.5. The Bertz CT molecular complexity index is 551. The first-order valence-electron chi connectivity index (χ1n) is 5.99. The zero-order chi connectivity index (χ0) is 13.8. The summed E-state index contributed by atoms with van der Waals surface area (Å²) in [6, 6.07) is 9.55. The Kier molecular flexibility index (Phi) is 3.97. The van der Waals surface area contributed by atoms with E-state index in [2.05, 4.69) is 9.84 Å². The van der Waals surface area contributed by atoms with Gasteiger partial charge < -0.3 is 9.84 Å². The molecule has 0 amide bonds. The number of hydrogen-bond acceptors (Lipinski definition) is 4. The van der Waals surface area contributed by atoms with E-state index in [1.54, 1.807) is 24.0 Å². The summed E-state index contributed by atoms with van der Waals surface area (Å²) < 4.78 is 6.28. The van der Waals surface area contributed by atoms with Crippen molar-refractivity contribution in [1.82, 2.24) is 9.78 Å². The molecule has 0 bridgehead atoms. The molecule has 100 valence electrons. The Morgan fingerprint density at radius 2 is 2.05 bits per heavy atom. The number of carbonyl (C=O) groups is 1. The molecule has 0 spiro atoms. The van der Waals surface area contributed by atoms with Crippen LogP contribution in [0.3, 0.4) is 0 Å². The van der Waals surface area contributed by atoms with Gasteiger partial charge in [-0.25, -0.2) is 4.68 Å². The van der Waals surface area contributed by atoms with Crippen LogP contribution >= 0.6 is 0 Å². The molecule has 1 N–H and O–H groups in total. The van der Waals surface area contributed by atoms with Gasteiger partial charge in [0.15, 0.2) is 0 Å². The van der Waals surface area contributed by atoms with Crippen molar-refractivity contribution in [2.75, 3.05) is 7.11 Å². The van der Waals surface area contributed by atoms with Crippen LogP contribution in [0.4, 0.5) is 0 Å². The molecule has 2 aromatic rings. The van der Waals surface area contributed by atoms with Crippen LogP contribution in [-0.2, 0) is 9.53 Å². The average Bonchev–Trinajstić information content (AvgIpc) is 2.95. The molecule has 1 aromatic carbocycles. The summed E-state index contributed by atoms with van der Waals surface area (Å²) in [5.41, 5.74) is 1.48. The molecule has 1 aromatic heterocycles. The lowest BCUT2D eigenvalue weighted by molar-refractivity contribution is -0.148. The number of carbonyl (C=O) groups excluding carboxylic acids is 1. The Labute approximate surface area is 111 Å². The normalized spacial score (nSPS) is 13.8. The van der Waals surface area contributed by atoms with Gasteiger partial charge in [-0.2, -0.15) is 5.10 Å². The summed E-state index contributed by atoms with van der Waals surface area (Å²) in [7, 11) is 1.30. The Hall–Kier alpha value is -2.14. The third-order valence-corrected chi connectivity index (χ3v) is 3.01. The van der Waals surface area contributed by atoms with Crippen molar-refractivity contribution in [3.05, 3.63) is 48.3 Å². The van der Waals surface area contributed by atoms with Crippen LogP contribution in [0.2, 0.25) is 0 Å². The minimum atomic E-state index is -0.926. The number of aliphatic hydroxyl groups excluding tert-OH is 1. The minimum absolute atomic E-state index is 0.444. The molecule has 5 nitrogen and oxygen atoms in total. The Morgan fingerprint density at radius 3 is 2.68 bits per heavy atom. The molecule has 2 atom stereocenters. The van der Waals surface area contributed by atoms with E-state index >= 15 is 0 Å². The first-order chi connectivity index (χ1) is 9.13. The van der Waals surface area contributed by atoms with Gasteiger partial charge in [-0.05, 0) is 19.1 Å². The van der Waals surface area contributed by atoms with E-state index in [4.69, 9.17) is 0 Å². The molecule has 0 fully saturated rings. The topological polar surface area (TPSA) is 64.3 Å². The highest BCUT2D eigenvalue weighted by Crippen LogP contribution is 2.23. The van der Waals surface area contributed by atoms with Crippen LogP contribution in [0.25, 0.3) is 5.69 Å². The van der Waals surface area contributed by atoms with Gasteiger partial charge in [0.1, 0.15) is 0 Å². The van der Waals surface area contributed by atoms with Gasteiger partial charge in [0, 0.05) is 11.8 Å². The molecule has 0 saturated heterocycles. The zero-order valence-corrected chi connectivity index (χ0v) is 10.9. The molecular formula is C14H16N2O3. The minimum Gasteiger partial charge on any atom is -0.469 e. The monoisotopic (exact) mass is 260 g/mol. The molecule has 0 aliphatic heterocycles. The number of benzene rings is 1. The highest BCUT2D eigenvalue weighted by molar-refractivity contribution is 5.72. The first kappa shape index (κ1) is 13.3. The highest BCUT2D eigenvalue weighted by Gasteiger charge is 2.25. The Balaban J connectivity index is 2.20. The van der Waals surface area contributed by atoms with Crippen molar-refractivity contribution >= 4 is 5.97 Å². The fourth-order valence-corrected chi connectivity index (χ4v) is 1.81. The number of aliphatic hydroxyl groups is 1. The predicted molar refractivity (Wildman–Crippen MR) is 69.7 cm³/mol. The fourth-order valence-electron chi connectivity index (χ4n) is 1.81. The number of aromatic nitrogens is 2. The average molecular weight is 260 g/mol. The number of para-hydroxylation sites is 1. The smallest absolute Gasteiger partial charge is 0.311 e. The number of ether oxygens (including phenoxy) is 1. The van der Waals surface area contributed by atoms with Gasteiger partial charge in [-0.3, -0.25) is 4.79 Å². The number of hydrogen-bond donors (Lipinski definition) is 1. The summed E-state index contributed by atoms with van der Waals surface area (Å²) >= 11 is 0.